The number of aromatic amines is 1. The number of H-pyrrole nitrogens is 1. The highest BCUT2D eigenvalue weighted by atomic mass is 19.1. The molecule has 2 rings (SSSR count). The quantitative estimate of drug-likeness (QED) is 0.824. The van der Waals surface area contributed by atoms with E-state index in [1.54, 1.807) is 25.4 Å². The van der Waals surface area contributed by atoms with Gasteiger partial charge in [0.25, 0.3) is 0 Å². The fourth-order valence-electron chi connectivity index (χ4n) is 1.72. The molecule has 1 aromatic carbocycles. The van der Waals surface area contributed by atoms with Gasteiger partial charge in [-0.05, 0) is 24.3 Å². The molecule has 0 spiro atoms. The van der Waals surface area contributed by atoms with Crippen LogP contribution in [0.1, 0.15) is 21.6 Å². The van der Waals surface area contributed by atoms with Crippen molar-refractivity contribution in [1.29, 1.82) is 0 Å². The SMILES string of the molecule is COc1ccc(F)cc1Cc1cc(C=O)c[nH]1. The molecule has 0 fully saturated rings. The summed E-state index contributed by atoms with van der Waals surface area (Å²) in [7, 11) is 1.54. The first-order chi connectivity index (χ1) is 8.22. The van der Waals surface area contributed by atoms with Crippen LogP contribution in [0.3, 0.4) is 0 Å². The third-order valence-electron chi connectivity index (χ3n) is 2.52. The first-order valence-electron chi connectivity index (χ1n) is 5.18. The Hall–Kier alpha value is -2.10. The maximum Gasteiger partial charge on any atom is 0.151 e. The Morgan fingerprint density at radius 2 is 2.24 bits per heavy atom. The summed E-state index contributed by atoms with van der Waals surface area (Å²) in [5.74, 6) is 0.330. The van der Waals surface area contributed by atoms with Crippen molar-refractivity contribution >= 4 is 6.29 Å². The number of aldehydes is 1. The number of rotatable bonds is 4. The largest absolute Gasteiger partial charge is 0.496 e. The Morgan fingerprint density at radius 1 is 1.41 bits per heavy atom. The topological polar surface area (TPSA) is 42.1 Å². The van der Waals surface area contributed by atoms with Gasteiger partial charge in [-0.15, -0.1) is 0 Å². The molecular formula is C13H12FNO2. The molecule has 0 radical (unpaired) electrons. The van der Waals surface area contributed by atoms with E-state index in [-0.39, 0.29) is 5.82 Å². The minimum absolute atomic E-state index is 0.303. The molecule has 0 saturated carbocycles. The van der Waals surface area contributed by atoms with E-state index in [9.17, 15) is 9.18 Å². The number of hydrogen-bond donors (Lipinski definition) is 1. The number of benzene rings is 1. The second-order valence-corrected chi connectivity index (χ2v) is 3.71. The number of halogens is 1. The molecule has 0 amide bonds. The minimum atomic E-state index is -0.303. The van der Waals surface area contributed by atoms with Gasteiger partial charge >= 0.3 is 0 Å². The van der Waals surface area contributed by atoms with Gasteiger partial charge in [-0.25, -0.2) is 4.39 Å². The molecule has 0 aliphatic heterocycles. The van der Waals surface area contributed by atoms with Crippen LogP contribution in [0.2, 0.25) is 0 Å². The third kappa shape index (κ3) is 2.53. The molecule has 0 atom stereocenters. The fraction of sp³-hybridized carbons (Fsp3) is 0.154. The molecule has 88 valence electrons. The number of carbonyl (C=O) groups is 1. The molecule has 0 bridgehead atoms. The molecule has 1 heterocycles. The van der Waals surface area contributed by atoms with Gasteiger partial charge in [-0.3, -0.25) is 4.79 Å². The Kier molecular flexibility index (Phi) is 3.23. The second kappa shape index (κ2) is 4.82. The predicted octanol–water partition coefficient (Wildman–Crippen LogP) is 2.57. The van der Waals surface area contributed by atoms with E-state index in [0.29, 0.717) is 17.7 Å². The van der Waals surface area contributed by atoms with E-state index in [1.807, 2.05) is 0 Å². The molecule has 0 aliphatic rings. The lowest BCUT2D eigenvalue weighted by atomic mass is 10.1. The Balaban J connectivity index is 2.28. The molecule has 3 nitrogen and oxygen atoms in total. The van der Waals surface area contributed by atoms with Gasteiger partial charge in [0.2, 0.25) is 0 Å². The average Bonchev–Trinajstić information content (AvgIpc) is 2.77. The molecule has 0 saturated heterocycles. The van der Waals surface area contributed by atoms with Crippen LogP contribution in [-0.2, 0) is 6.42 Å². The molecule has 4 heteroatoms. The highest BCUT2D eigenvalue weighted by Gasteiger charge is 2.07. The van der Waals surface area contributed by atoms with Crippen molar-refractivity contribution in [1.82, 2.24) is 4.98 Å². The molecule has 0 unspecified atom stereocenters. The van der Waals surface area contributed by atoms with E-state index in [2.05, 4.69) is 4.98 Å². The summed E-state index contributed by atoms with van der Waals surface area (Å²) in [6, 6.07) is 6.11. The van der Waals surface area contributed by atoms with Crippen LogP contribution in [-0.4, -0.2) is 18.4 Å². The molecule has 17 heavy (non-hydrogen) atoms. The van der Waals surface area contributed by atoms with Crippen molar-refractivity contribution < 1.29 is 13.9 Å². The van der Waals surface area contributed by atoms with Crippen LogP contribution in [0, 0.1) is 5.82 Å². The first kappa shape index (κ1) is 11.4. The zero-order valence-corrected chi connectivity index (χ0v) is 9.37. The lowest BCUT2D eigenvalue weighted by Crippen LogP contribution is -1.95. The number of carbonyl (C=O) groups excluding carboxylic acids is 1. The summed E-state index contributed by atoms with van der Waals surface area (Å²) in [5.41, 5.74) is 2.16. The maximum absolute atomic E-state index is 13.1. The Morgan fingerprint density at radius 3 is 2.88 bits per heavy atom. The van der Waals surface area contributed by atoms with E-state index in [4.69, 9.17) is 4.74 Å². The van der Waals surface area contributed by atoms with Crippen molar-refractivity contribution in [2.75, 3.05) is 7.11 Å². The fourth-order valence-corrected chi connectivity index (χ4v) is 1.72. The first-order valence-corrected chi connectivity index (χ1v) is 5.18. The number of nitrogens with one attached hydrogen (secondary N) is 1. The highest BCUT2D eigenvalue weighted by Crippen LogP contribution is 2.22. The van der Waals surface area contributed by atoms with Crippen LogP contribution >= 0.6 is 0 Å². The summed E-state index contributed by atoms with van der Waals surface area (Å²) < 4.78 is 18.3. The van der Waals surface area contributed by atoms with Gasteiger partial charge in [-0.1, -0.05) is 0 Å². The summed E-state index contributed by atoms with van der Waals surface area (Å²) in [6.45, 7) is 0. The number of hydrogen-bond acceptors (Lipinski definition) is 2. The van der Waals surface area contributed by atoms with Crippen LogP contribution in [0.5, 0.6) is 5.75 Å². The minimum Gasteiger partial charge on any atom is -0.496 e. The molecule has 1 aromatic heterocycles. The van der Waals surface area contributed by atoms with E-state index >= 15 is 0 Å². The Bertz CT molecular complexity index is 534. The number of methoxy groups -OCH3 is 1. The number of ether oxygens (including phenoxy) is 1. The number of aromatic nitrogens is 1. The molecular weight excluding hydrogens is 221 g/mol. The average molecular weight is 233 g/mol. The maximum atomic E-state index is 13.1. The molecule has 1 N–H and O–H groups in total. The summed E-state index contributed by atoms with van der Waals surface area (Å²) in [6.07, 6.45) is 2.88. The van der Waals surface area contributed by atoms with E-state index in [1.165, 1.54) is 12.1 Å². The van der Waals surface area contributed by atoms with E-state index < -0.39 is 0 Å². The van der Waals surface area contributed by atoms with Crippen LogP contribution in [0.15, 0.2) is 30.5 Å². The van der Waals surface area contributed by atoms with Crippen LogP contribution in [0.25, 0.3) is 0 Å². The van der Waals surface area contributed by atoms with E-state index in [0.717, 1.165) is 17.5 Å². The van der Waals surface area contributed by atoms with Crippen LogP contribution in [0.4, 0.5) is 4.39 Å². The molecule has 0 aliphatic carbocycles. The second-order valence-electron chi connectivity index (χ2n) is 3.71. The van der Waals surface area contributed by atoms with Crippen molar-refractivity contribution in [3.8, 4) is 5.75 Å². The lowest BCUT2D eigenvalue weighted by molar-refractivity contribution is 0.112. The lowest BCUT2D eigenvalue weighted by Gasteiger charge is -2.07. The van der Waals surface area contributed by atoms with Gasteiger partial charge in [0, 0.05) is 29.4 Å². The van der Waals surface area contributed by atoms with Gasteiger partial charge in [-0.2, -0.15) is 0 Å². The summed E-state index contributed by atoms with van der Waals surface area (Å²) >= 11 is 0. The smallest absolute Gasteiger partial charge is 0.151 e. The van der Waals surface area contributed by atoms with Crippen molar-refractivity contribution in [3.05, 3.63) is 53.1 Å². The summed E-state index contributed by atoms with van der Waals surface area (Å²) in [5, 5.41) is 0. The van der Waals surface area contributed by atoms with Crippen molar-refractivity contribution in [2.45, 2.75) is 6.42 Å². The van der Waals surface area contributed by atoms with Crippen LogP contribution < -0.4 is 4.74 Å². The summed E-state index contributed by atoms with van der Waals surface area (Å²) in [4.78, 5) is 13.5. The predicted molar refractivity (Wildman–Crippen MR) is 61.9 cm³/mol. The van der Waals surface area contributed by atoms with Gasteiger partial charge < -0.3 is 9.72 Å². The monoisotopic (exact) mass is 233 g/mol. The Labute approximate surface area is 98.2 Å². The van der Waals surface area contributed by atoms with Crippen molar-refractivity contribution in [3.63, 3.8) is 0 Å². The highest BCUT2D eigenvalue weighted by molar-refractivity contribution is 5.74. The van der Waals surface area contributed by atoms with Crippen molar-refractivity contribution in [2.24, 2.45) is 0 Å². The van der Waals surface area contributed by atoms with Gasteiger partial charge in [0.1, 0.15) is 11.6 Å². The zero-order chi connectivity index (χ0) is 12.3. The normalized spacial score (nSPS) is 10.2. The molecule has 2 aromatic rings. The van der Waals surface area contributed by atoms with Gasteiger partial charge in [0.15, 0.2) is 6.29 Å². The third-order valence-corrected chi connectivity index (χ3v) is 2.52. The zero-order valence-electron chi connectivity index (χ0n) is 9.37. The van der Waals surface area contributed by atoms with Gasteiger partial charge in [0.05, 0.1) is 7.11 Å². The standard InChI is InChI=1S/C13H12FNO2/c1-17-13-3-2-11(14)5-10(13)6-12-4-9(8-16)7-15-12/h2-5,7-8,15H,6H2,1H3.